The fraction of sp³-hybridized carbons (Fsp3) is 0.444. The van der Waals surface area contributed by atoms with Gasteiger partial charge in [-0.25, -0.2) is 8.42 Å². The summed E-state index contributed by atoms with van der Waals surface area (Å²) < 4.78 is 27.3. The number of aromatic nitrogens is 2. The Morgan fingerprint density at radius 1 is 1.15 bits per heavy atom. The highest BCUT2D eigenvalue weighted by Gasteiger charge is 2.23. The molecule has 2 rings (SSSR count). The number of hydrogen-bond acceptors (Lipinski definition) is 4. The largest absolute Gasteiger partial charge is 0.340 e. The Balaban J connectivity index is 2.20. The summed E-state index contributed by atoms with van der Waals surface area (Å²) in [5, 5.41) is 4.35. The predicted octanol–water partition coefficient (Wildman–Crippen LogP) is 1.77. The minimum atomic E-state index is -3.58. The molecule has 0 radical (unpaired) electrons. The lowest BCUT2D eigenvalue weighted by Gasteiger charge is -2.25. The van der Waals surface area contributed by atoms with E-state index in [-0.39, 0.29) is 12.5 Å². The Bertz CT molecular complexity index is 901. The number of likely N-dealkylation sites (N-methyl/N-ethyl adjacent to an activating group) is 1. The maximum absolute atomic E-state index is 12.7. The van der Waals surface area contributed by atoms with Crippen molar-refractivity contribution in [2.45, 2.75) is 27.3 Å². The van der Waals surface area contributed by atoms with Crippen molar-refractivity contribution in [2.24, 2.45) is 7.05 Å². The van der Waals surface area contributed by atoms with Crippen LogP contribution in [0, 0.1) is 20.8 Å². The summed E-state index contributed by atoms with van der Waals surface area (Å²) in [6.07, 6.45) is 1.11. The van der Waals surface area contributed by atoms with Crippen molar-refractivity contribution in [3.63, 3.8) is 0 Å². The SMILES string of the molecule is Cc1ccc(N(CC(=O)N(C)Cc2c(C)nn(C)c2C)S(C)(=O)=O)cc1. The van der Waals surface area contributed by atoms with E-state index in [1.165, 1.54) is 4.90 Å². The summed E-state index contributed by atoms with van der Waals surface area (Å²) in [7, 11) is -0.0471. The summed E-state index contributed by atoms with van der Waals surface area (Å²) in [5.74, 6) is -0.279. The third-order valence-electron chi connectivity index (χ3n) is 4.48. The van der Waals surface area contributed by atoms with Crippen molar-refractivity contribution in [1.29, 1.82) is 0 Å². The quantitative estimate of drug-likeness (QED) is 0.768. The molecule has 2 aromatic rings. The molecule has 0 unspecified atom stereocenters. The van der Waals surface area contributed by atoms with E-state index in [9.17, 15) is 13.2 Å². The van der Waals surface area contributed by atoms with E-state index in [4.69, 9.17) is 0 Å². The number of aryl methyl sites for hydroxylation is 3. The first-order valence-corrected chi connectivity index (χ1v) is 10.1. The van der Waals surface area contributed by atoms with Crippen LogP contribution in [0.3, 0.4) is 0 Å². The standard InChI is InChI=1S/C18H26N4O3S/c1-13-7-9-16(10-8-13)22(26(6,24)25)12-18(23)20(4)11-17-14(2)19-21(5)15(17)3/h7-10H,11-12H2,1-6H3. The fourth-order valence-corrected chi connectivity index (χ4v) is 3.58. The van der Waals surface area contributed by atoms with Crippen LogP contribution in [-0.4, -0.2) is 48.9 Å². The van der Waals surface area contributed by atoms with Crippen molar-refractivity contribution in [3.05, 3.63) is 46.8 Å². The second kappa shape index (κ2) is 7.49. The van der Waals surface area contributed by atoms with Gasteiger partial charge >= 0.3 is 0 Å². The van der Waals surface area contributed by atoms with Crippen LogP contribution in [0.5, 0.6) is 0 Å². The van der Waals surface area contributed by atoms with Gasteiger partial charge in [-0.3, -0.25) is 13.8 Å². The number of sulfonamides is 1. The lowest BCUT2D eigenvalue weighted by Crippen LogP contribution is -2.41. The topological polar surface area (TPSA) is 75.5 Å². The Hall–Kier alpha value is -2.35. The van der Waals surface area contributed by atoms with E-state index in [0.717, 1.165) is 33.1 Å². The highest BCUT2D eigenvalue weighted by Crippen LogP contribution is 2.19. The molecule has 0 bridgehead atoms. The molecule has 7 nitrogen and oxygen atoms in total. The van der Waals surface area contributed by atoms with Gasteiger partial charge in [-0.15, -0.1) is 0 Å². The molecule has 1 amide bonds. The van der Waals surface area contributed by atoms with Crippen LogP contribution in [0.4, 0.5) is 5.69 Å². The van der Waals surface area contributed by atoms with Crippen molar-refractivity contribution < 1.29 is 13.2 Å². The summed E-state index contributed by atoms with van der Waals surface area (Å²) >= 11 is 0. The van der Waals surface area contributed by atoms with Gasteiger partial charge in [0.05, 0.1) is 17.6 Å². The Morgan fingerprint density at radius 3 is 2.19 bits per heavy atom. The van der Waals surface area contributed by atoms with Crippen LogP contribution in [0.15, 0.2) is 24.3 Å². The monoisotopic (exact) mass is 378 g/mol. The van der Waals surface area contributed by atoms with Crippen molar-refractivity contribution in [1.82, 2.24) is 14.7 Å². The first-order chi connectivity index (χ1) is 12.0. The highest BCUT2D eigenvalue weighted by atomic mass is 32.2. The Labute approximate surface area is 155 Å². The average molecular weight is 378 g/mol. The van der Waals surface area contributed by atoms with E-state index in [2.05, 4.69) is 5.10 Å². The van der Waals surface area contributed by atoms with Crippen molar-refractivity contribution in [3.8, 4) is 0 Å². The molecule has 0 N–H and O–H groups in total. The van der Waals surface area contributed by atoms with Gasteiger partial charge in [-0.1, -0.05) is 17.7 Å². The number of carbonyl (C=O) groups is 1. The number of hydrogen-bond donors (Lipinski definition) is 0. The smallest absolute Gasteiger partial charge is 0.243 e. The van der Waals surface area contributed by atoms with Crippen LogP contribution in [0.1, 0.15) is 22.5 Å². The minimum Gasteiger partial charge on any atom is -0.340 e. The molecule has 8 heteroatoms. The summed E-state index contributed by atoms with van der Waals surface area (Å²) in [6, 6.07) is 7.06. The van der Waals surface area contributed by atoms with Crippen LogP contribution in [-0.2, 0) is 28.4 Å². The molecule has 0 aliphatic rings. The van der Waals surface area contributed by atoms with Crippen molar-refractivity contribution in [2.75, 3.05) is 24.2 Å². The maximum atomic E-state index is 12.7. The number of carbonyl (C=O) groups excluding carboxylic acids is 1. The molecule has 1 aromatic heterocycles. The van der Waals surface area contributed by atoms with Gasteiger partial charge in [0.1, 0.15) is 6.54 Å². The van der Waals surface area contributed by atoms with Gasteiger partial charge in [-0.2, -0.15) is 5.10 Å². The van der Waals surface area contributed by atoms with E-state index >= 15 is 0 Å². The van der Waals surface area contributed by atoms with Gasteiger partial charge in [-0.05, 0) is 32.9 Å². The van der Waals surface area contributed by atoms with Crippen LogP contribution >= 0.6 is 0 Å². The first kappa shape index (κ1) is 20.0. The molecule has 1 aromatic carbocycles. The summed E-state index contributed by atoms with van der Waals surface area (Å²) in [6.45, 7) is 5.91. The molecule has 0 fully saturated rings. The molecule has 0 spiro atoms. The van der Waals surface area contributed by atoms with Gasteiger partial charge < -0.3 is 4.90 Å². The fourth-order valence-electron chi connectivity index (χ4n) is 2.73. The van der Waals surface area contributed by atoms with E-state index < -0.39 is 10.0 Å². The second-order valence-corrected chi connectivity index (χ2v) is 8.53. The molecular formula is C18H26N4O3S. The zero-order valence-corrected chi connectivity index (χ0v) is 17.0. The number of amides is 1. The number of rotatable bonds is 6. The van der Waals surface area contributed by atoms with Crippen LogP contribution in [0.25, 0.3) is 0 Å². The first-order valence-electron chi connectivity index (χ1n) is 8.28. The zero-order chi connectivity index (χ0) is 19.6. The number of benzene rings is 1. The third kappa shape index (κ3) is 4.43. The van der Waals surface area contributed by atoms with Gasteiger partial charge in [0.15, 0.2) is 0 Å². The molecule has 0 aliphatic heterocycles. The van der Waals surface area contributed by atoms with Crippen LogP contribution < -0.4 is 4.31 Å². The molecule has 0 saturated heterocycles. The average Bonchev–Trinajstić information content (AvgIpc) is 2.78. The zero-order valence-electron chi connectivity index (χ0n) is 16.1. The molecule has 0 atom stereocenters. The van der Waals surface area contributed by atoms with Gasteiger partial charge in [0, 0.05) is 31.9 Å². The van der Waals surface area contributed by atoms with Gasteiger partial charge in [0.2, 0.25) is 15.9 Å². The van der Waals surface area contributed by atoms with E-state index in [1.807, 2.05) is 40.0 Å². The van der Waals surface area contributed by atoms with E-state index in [1.54, 1.807) is 23.9 Å². The highest BCUT2D eigenvalue weighted by molar-refractivity contribution is 7.92. The normalized spacial score (nSPS) is 11.5. The summed E-state index contributed by atoms with van der Waals surface area (Å²) in [4.78, 5) is 14.2. The molecular weight excluding hydrogens is 352 g/mol. The molecule has 0 saturated carbocycles. The lowest BCUT2D eigenvalue weighted by molar-refractivity contribution is -0.128. The molecule has 142 valence electrons. The number of nitrogens with zero attached hydrogens (tertiary/aromatic N) is 4. The van der Waals surface area contributed by atoms with Crippen molar-refractivity contribution >= 4 is 21.6 Å². The number of anilines is 1. The summed E-state index contributed by atoms with van der Waals surface area (Å²) in [5.41, 5.74) is 4.33. The molecule has 0 aliphatic carbocycles. The predicted molar refractivity (Wildman–Crippen MR) is 103 cm³/mol. The molecule has 26 heavy (non-hydrogen) atoms. The molecule has 1 heterocycles. The van der Waals surface area contributed by atoms with E-state index in [0.29, 0.717) is 12.2 Å². The minimum absolute atomic E-state index is 0.239. The Kier molecular flexibility index (Phi) is 5.75. The lowest BCUT2D eigenvalue weighted by atomic mass is 10.2. The van der Waals surface area contributed by atoms with Crippen LogP contribution in [0.2, 0.25) is 0 Å². The third-order valence-corrected chi connectivity index (χ3v) is 5.62. The second-order valence-electron chi connectivity index (χ2n) is 6.63. The maximum Gasteiger partial charge on any atom is 0.243 e. The Morgan fingerprint density at radius 2 is 1.73 bits per heavy atom. The van der Waals surface area contributed by atoms with Gasteiger partial charge in [0.25, 0.3) is 0 Å².